The van der Waals surface area contributed by atoms with Crippen LogP contribution in [0.4, 0.5) is 11.8 Å². The summed E-state index contributed by atoms with van der Waals surface area (Å²) in [6.07, 6.45) is 3.82. The Kier molecular flexibility index (Phi) is 4.83. The average Bonchev–Trinajstić information content (AvgIpc) is 2.23. The van der Waals surface area contributed by atoms with Gasteiger partial charge in [0.05, 0.1) is 0 Å². The number of aryl methyl sites for hydroxylation is 1. The van der Waals surface area contributed by atoms with Gasteiger partial charge >= 0.3 is 0 Å². The van der Waals surface area contributed by atoms with Gasteiger partial charge in [-0.2, -0.15) is 4.98 Å². The smallest absolute Gasteiger partial charge is 0.221 e. The van der Waals surface area contributed by atoms with Crippen molar-refractivity contribution in [1.82, 2.24) is 9.97 Å². The second-order valence-corrected chi connectivity index (χ2v) is 3.39. The number of nitrogens with zero attached hydrogens (tertiary/aromatic N) is 2. The van der Waals surface area contributed by atoms with Crippen LogP contribution >= 0.6 is 0 Å². The number of anilines is 2. The van der Waals surface area contributed by atoms with Gasteiger partial charge in [-0.25, -0.2) is 4.98 Å². The summed E-state index contributed by atoms with van der Waals surface area (Å²) in [5.41, 5.74) is 6.51. The van der Waals surface area contributed by atoms with Crippen LogP contribution in [0.2, 0.25) is 0 Å². The van der Waals surface area contributed by atoms with Crippen molar-refractivity contribution in [3.05, 3.63) is 11.8 Å². The van der Waals surface area contributed by atoms with Crippen molar-refractivity contribution in [2.75, 3.05) is 31.3 Å². The lowest BCUT2D eigenvalue weighted by molar-refractivity contribution is 0.194. The van der Waals surface area contributed by atoms with Gasteiger partial charge in [-0.05, 0) is 19.8 Å². The molecule has 0 unspecified atom stereocenters. The average molecular weight is 210 g/mol. The fourth-order valence-corrected chi connectivity index (χ4v) is 1.21. The van der Waals surface area contributed by atoms with Crippen LogP contribution in [0.5, 0.6) is 0 Å². The number of aromatic nitrogens is 2. The Bertz CT molecular complexity index is 303. The van der Waals surface area contributed by atoms with E-state index in [2.05, 4.69) is 15.3 Å². The molecule has 0 spiro atoms. The van der Waals surface area contributed by atoms with Crippen LogP contribution in [0.1, 0.15) is 18.4 Å². The lowest BCUT2D eigenvalue weighted by Crippen LogP contribution is -2.08. The fourth-order valence-electron chi connectivity index (χ4n) is 1.21. The normalized spacial score (nSPS) is 10.3. The standard InChI is InChI=1S/C10H18N4O/c1-8-7-13-10(11)14-9(8)12-5-3-4-6-15-2/h7H,3-6H2,1-2H3,(H3,11,12,13,14). The van der Waals surface area contributed by atoms with Gasteiger partial charge in [0.1, 0.15) is 5.82 Å². The van der Waals surface area contributed by atoms with Crippen LogP contribution in [0.15, 0.2) is 6.20 Å². The minimum absolute atomic E-state index is 0.306. The number of hydrogen-bond donors (Lipinski definition) is 2. The van der Waals surface area contributed by atoms with E-state index < -0.39 is 0 Å². The summed E-state index contributed by atoms with van der Waals surface area (Å²) in [5.74, 6) is 1.12. The Morgan fingerprint density at radius 1 is 1.47 bits per heavy atom. The Balaban J connectivity index is 2.33. The van der Waals surface area contributed by atoms with Crippen LogP contribution in [-0.2, 0) is 4.74 Å². The second kappa shape index (κ2) is 6.19. The Labute approximate surface area is 90.1 Å². The zero-order chi connectivity index (χ0) is 11.1. The van der Waals surface area contributed by atoms with E-state index in [0.717, 1.165) is 37.4 Å². The van der Waals surface area contributed by atoms with Crippen molar-refractivity contribution in [1.29, 1.82) is 0 Å². The van der Waals surface area contributed by atoms with Crippen molar-refractivity contribution in [3.8, 4) is 0 Å². The molecule has 5 heteroatoms. The summed E-state index contributed by atoms with van der Waals surface area (Å²) in [5, 5.41) is 3.23. The molecule has 0 saturated carbocycles. The highest BCUT2D eigenvalue weighted by atomic mass is 16.5. The predicted octanol–water partition coefficient (Wildman–Crippen LogP) is 1.21. The first kappa shape index (κ1) is 11.7. The molecule has 0 aliphatic heterocycles. The molecule has 0 radical (unpaired) electrons. The van der Waals surface area contributed by atoms with E-state index in [0.29, 0.717) is 5.95 Å². The summed E-state index contributed by atoms with van der Waals surface area (Å²) >= 11 is 0. The van der Waals surface area contributed by atoms with Crippen molar-refractivity contribution in [2.24, 2.45) is 0 Å². The van der Waals surface area contributed by atoms with E-state index in [1.165, 1.54) is 0 Å². The minimum Gasteiger partial charge on any atom is -0.385 e. The molecule has 0 aliphatic carbocycles. The van der Waals surface area contributed by atoms with Crippen LogP contribution in [0.3, 0.4) is 0 Å². The van der Waals surface area contributed by atoms with Crippen molar-refractivity contribution >= 4 is 11.8 Å². The number of ether oxygens (including phenoxy) is 1. The van der Waals surface area contributed by atoms with Crippen LogP contribution in [0, 0.1) is 6.92 Å². The van der Waals surface area contributed by atoms with Crippen molar-refractivity contribution in [2.45, 2.75) is 19.8 Å². The number of nitrogens with two attached hydrogens (primary N) is 1. The molecule has 1 rings (SSSR count). The van der Waals surface area contributed by atoms with Crippen LogP contribution in [-0.4, -0.2) is 30.2 Å². The molecule has 0 aliphatic rings. The Morgan fingerprint density at radius 2 is 2.27 bits per heavy atom. The van der Waals surface area contributed by atoms with E-state index >= 15 is 0 Å². The van der Waals surface area contributed by atoms with Crippen LogP contribution in [0.25, 0.3) is 0 Å². The van der Waals surface area contributed by atoms with Crippen molar-refractivity contribution < 1.29 is 4.74 Å². The predicted molar refractivity (Wildman–Crippen MR) is 60.8 cm³/mol. The molecule has 0 atom stereocenters. The maximum atomic E-state index is 5.50. The Morgan fingerprint density at radius 3 is 3.00 bits per heavy atom. The van der Waals surface area contributed by atoms with E-state index in [-0.39, 0.29) is 0 Å². The molecule has 1 aromatic heterocycles. The summed E-state index contributed by atoms with van der Waals surface area (Å²) in [4.78, 5) is 8.02. The highest BCUT2D eigenvalue weighted by Crippen LogP contribution is 2.10. The number of rotatable bonds is 6. The molecule has 1 aromatic rings. The lowest BCUT2D eigenvalue weighted by atomic mass is 10.3. The van der Waals surface area contributed by atoms with Gasteiger partial charge in [0.2, 0.25) is 5.95 Å². The SMILES string of the molecule is COCCCCNc1nc(N)ncc1C. The molecule has 84 valence electrons. The molecule has 1 heterocycles. The van der Waals surface area contributed by atoms with Crippen molar-refractivity contribution in [3.63, 3.8) is 0 Å². The van der Waals surface area contributed by atoms with Gasteiger partial charge in [-0.1, -0.05) is 0 Å². The molecular weight excluding hydrogens is 192 g/mol. The number of methoxy groups -OCH3 is 1. The molecule has 0 bridgehead atoms. The van der Waals surface area contributed by atoms with Gasteiger partial charge in [0.15, 0.2) is 0 Å². The molecule has 0 fully saturated rings. The third kappa shape index (κ3) is 4.12. The largest absolute Gasteiger partial charge is 0.385 e. The quantitative estimate of drug-likeness (QED) is 0.690. The monoisotopic (exact) mass is 210 g/mol. The van der Waals surface area contributed by atoms with E-state index in [4.69, 9.17) is 10.5 Å². The zero-order valence-corrected chi connectivity index (χ0v) is 9.29. The number of nitrogens with one attached hydrogen (secondary N) is 1. The first-order chi connectivity index (χ1) is 7.24. The van der Waals surface area contributed by atoms with Gasteiger partial charge < -0.3 is 15.8 Å². The Hall–Kier alpha value is -1.36. The molecule has 0 aromatic carbocycles. The summed E-state index contributed by atoms with van der Waals surface area (Å²) < 4.78 is 4.96. The first-order valence-electron chi connectivity index (χ1n) is 5.06. The number of nitrogen functional groups attached to an aromatic ring is 1. The van der Waals surface area contributed by atoms with Crippen LogP contribution < -0.4 is 11.1 Å². The maximum Gasteiger partial charge on any atom is 0.221 e. The molecule has 3 N–H and O–H groups in total. The molecular formula is C10H18N4O. The molecule has 0 amide bonds. The molecule has 15 heavy (non-hydrogen) atoms. The fraction of sp³-hybridized carbons (Fsp3) is 0.600. The third-order valence-electron chi connectivity index (χ3n) is 2.06. The highest BCUT2D eigenvalue weighted by molar-refractivity contribution is 5.44. The topological polar surface area (TPSA) is 73.1 Å². The number of hydrogen-bond acceptors (Lipinski definition) is 5. The summed E-state index contributed by atoms with van der Waals surface area (Å²) in [7, 11) is 1.71. The summed E-state index contributed by atoms with van der Waals surface area (Å²) in [6.45, 7) is 3.63. The van der Waals surface area contributed by atoms with Gasteiger partial charge in [0.25, 0.3) is 0 Å². The summed E-state index contributed by atoms with van der Waals surface area (Å²) in [6, 6.07) is 0. The zero-order valence-electron chi connectivity index (χ0n) is 9.29. The minimum atomic E-state index is 0.306. The highest BCUT2D eigenvalue weighted by Gasteiger charge is 2.00. The molecule has 5 nitrogen and oxygen atoms in total. The number of unbranched alkanes of at least 4 members (excludes halogenated alkanes) is 1. The first-order valence-corrected chi connectivity index (χ1v) is 5.06. The van der Waals surface area contributed by atoms with Gasteiger partial charge in [-0.15, -0.1) is 0 Å². The third-order valence-corrected chi connectivity index (χ3v) is 2.06. The van der Waals surface area contributed by atoms with E-state index in [1.54, 1.807) is 13.3 Å². The maximum absolute atomic E-state index is 5.50. The van der Waals surface area contributed by atoms with Gasteiger partial charge in [0, 0.05) is 32.0 Å². The van der Waals surface area contributed by atoms with Gasteiger partial charge in [-0.3, -0.25) is 0 Å². The molecule has 0 saturated heterocycles. The second-order valence-electron chi connectivity index (χ2n) is 3.39. The lowest BCUT2D eigenvalue weighted by Gasteiger charge is -2.08. The van der Waals surface area contributed by atoms with E-state index in [1.807, 2.05) is 6.92 Å². The van der Waals surface area contributed by atoms with E-state index in [9.17, 15) is 0 Å².